The average Bonchev–Trinajstić information content (AvgIpc) is 2.48. The van der Waals surface area contributed by atoms with E-state index in [1.807, 2.05) is 13.0 Å². The third-order valence-electron chi connectivity index (χ3n) is 2.82. The van der Waals surface area contributed by atoms with Crippen LogP contribution in [-0.2, 0) is 0 Å². The number of halogens is 1. The highest BCUT2D eigenvalue weighted by Gasteiger charge is 2.15. The fraction of sp³-hybridized carbons (Fsp3) is 0.188. The number of carbonyl (C=O) groups excluding carboxylic acids is 1. The van der Waals surface area contributed by atoms with E-state index in [1.54, 1.807) is 43.5 Å². The Morgan fingerprint density at radius 1 is 1.20 bits per heavy atom. The van der Waals surface area contributed by atoms with Crippen molar-refractivity contribution in [2.45, 2.75) is 6.92 Å². The molecule has 0 N–H and O–H groups in total. The van der Waals surface area contributed by atoms with E-state index in [9.17, 15) is 4.79 Å². The Hall–Kier alpha value is -1.81. The largest absolute Gasteiger partial charge is 0.497 e. The molecule has 0 atom stereocenters. The zero-order valence-corrected chi connectivity index (χ0v) is 12.9. The third kappa shape index (κ3) is 3.20. The maximum absolute atomic E-state index is 12.6. The lowest BCUT2D eigenvalue weighted by Crippen LogP contribution is -2.05. The first kappa shape index (κ1) is 14.6. The van der Waals surface area contributed by atoms with Gasteiger partial charge in [0, 0.05) is 10.0 Å². The molecule has 0 aliphatic heterocycles. The number of carbonyl (C=O) groups is 1. The van der Waals surface area contributed by atoms with Crippen molar-refractivity contribution in [3.63, 3.8) is 0 Å². The van der Waals surface area contributed by atoms with Crippen molar-refractivity contribution in [3.8, 4) is 11.5 Å². The summed E-state index contributed by atoms with van der Waals surface area (Å²) in [5.41, 5.74) is 1.11. The van der Waals surface area contributed by atoms with E-state index in [-0.39, 0.29) is 5.78 Å². The second kappa shape index (κ2) is 6.57. The van der Waals surface area contributed by atoms with Crippen LogP contribution in [-0.4, -0.2) is 19.5 Å². The van der Waals surface area contributed by atoms with Gasteiger partial charge in [0.05, 0.1) is 19.3 Å². The van der Waals surface area contributed by atoms with Crippen LogP contribution in [0.5, 0.6) is 11.5 Å². The van der Waals surface area contributed by atoms with Gasteiger partial charge in [0.25, 0.3) is 0 Å². The van der Waals surface area contributed by atoms with Crippen LogP contribution < -0.4 is 9.47 Å². The summed E-state index contributed by atoms with van der Waals surface area (Å²) in [6, 6.07) is 12.5. The van der Waals surface area contributed by atoms with E-state index < -0.39 is 0 Å². The summed E-state index contributed by atoms with van der Waals surface area (Å²) < 4.78 is 11.5. The molecule has 2 rings (SSSR count). The van der Waals surface area contributed by atoms with Crippen LogP contribution >= 0.6 is 15.9 Å². The van der Waals surface area contributed by atoms with Crippen LogP contribution in [0.25, 0.3) is 0 Å². The van der Waals surface area contributed by atoms with Gasteiger partial charge in [0.1, 0.15) is 11.5 Å². The van der Waals surface area contributed by atoms with Gasteiger partial charge >= 0.3 is 0 Å². The minimum Gasteiger partial charge on any atom is -0.497 e. The van der Waals surface area contributed by atoms with E-state index in [4.69, 9.17) is 9.47 Å². The summed E-state index contributed by atoms with van der Waals surface area (Å²) >= 11 is 3.38. The average molecular weight is 335 g/mol. The Morgan fingerprint density at radius 3 is 2.70 bits per heavy atom. The summed E-state index contributed by atoms with van der Waals surface area (Å²) in [4.78, 5) is 12.6. The van der Waals surface area contributed by atoms with Crippen LogP contribution in [0.2, 0.25) is 0 Å². The molecule has 0 aliphatic rings. The highest BCUT2D eigenvalue weighted by Crippen LogP contribution is 2.26. The molecule has 0 amide bonds. The Morgan fingerprint density at radius 2 is 2.00 bits per heavy atom. The maximum Gasteiger partial charge on any atom is 0.196 e. The summed E-state index contributed by atoms with van der Waals surface area (Å²) in [6.07, 6.45) is 0. The Balaban J connectivity index is 2.43. The normalized spacial score (nSPS) is 10.2. The highest BCUT2D eigenvalue weighted by molar-refractivity contribution is 9.10. The lowest BCUT2D eigenvalue weighted by molar-refractivity contribution is 0.103. The molecule has 2 aromatic rings. The van der Waals surface area contributed by atoms with Gasteiger partial charge in [0.2, 0.25) is 0 Å². The molecular formula is C16H15BrO3. The molecule has 104 valence electrons. The molecule has 2 aromatic carbocycles. The zero-order valence-electron chi connectivity index (χ0n) is 11.4. The van der Waals surface area contributed by atoms with Crippen molar-refractivity contribution in [3.05, 3.63) is 58.1 Å². The lowest BCUT2D eigenvalue weighted by atomic mass is 10.0. The van der Waals surface area contributed by atoms with Crippen LogP contribution in [0.3, 0.4) is 0 Å². The fourth-order valence-corrected chi connectivity index (χ4v) is 2.24. The van der Waals surface area contributed by atoms with Crippen molar-refractivity contribution in [2.75, 3.05) is 13.7 Å². The van der Waals surface area contributed by atoms with Gasteiger partial charge in [-0.05, 0) is 37.3 Å². The second-order valence-corrected chi connectivity index (χ2v) is 5.05. The standard InChI is InChI=1S/C16H15BrO3/c1-3-20-15-8-7-12(17)10-14(15)16(18)11-5-4-6-13(9-11)19-2/h4-10H,3H2,1-2H3. The molecule has 3 nitrogen and oxygen atoms in total. The number of ether oxygens (including phenoxy) is 2. The summed E-state index contributed by atoms with van der Waals surface area (Å²) in [5.74, 6) is 1.15. The lowest BCUT2D eigenvalue weighted by Gasteiger charge is -2.10. The first-order chi connectivity index (χ1) is 9.65. The number of rotatable bonds is 5. The van der Waals surface area contributed by atoms with Crippen molar-refractivity contribution < 1.29 is 14.3 Å². The predicted octanol–water partition coefficient (Wildman–Crippen LogP) is 4.09. The van der Waals surface area contributed by atoms with Crippen LogP contribution in [0, 0.1) is 0 Å². The van der Waals surface area contributed by atoms with Gasteiger partial charge in [0.15, 0.2) is 5.78 Å². The Labute approximate surface area is 126 Å². The van der Waals surface area contributed by atoms with Crippen molar-refractivity contribution in [1.29, 1.82) is 0 Å². The van der Waals surface area contributed by atoms with Gasteiger partial charge < -0.3 is 9.47 Å². The molecule has 0 unspecified atom stereocenters. The topological polar surface area (TPSA) is 35.5 Å². The summed E-state index contributed by atoms with van der Waals surface area (Å²) in [6.45, 7) is 2.40. The van der Waals surface area contributed by atoms with E-state index >= 15 is 0 Å². The van der Waals surface area contributed by atoms with E-state index in [2.05, 4.69) is 15.9 Å². The SMILES string of the molecule is CCOc1ccc(Br)cc1C(=O)c1cccc(OC)c1. The number of hydrogen-bond donors (Lipinski definition) is 0. The maximum atomic E-state index is 12.6. The molecule has 0 aromatic heterocycles. The van der Waals surface area contributed by atoms with Gasteiger partial charge in [-0.1, -0.05) is 28.1 Å². The first-order valence-corrected chi connectivity index (χ1v) is 7.06. The second-order valence-electron chi connectivity index (χ2n) is 4.13. The number of hydrogen-bond acceptors (Lipinski definition) is 3. The van der Waals surface area contributed by atoms with Crippen molar-refractivity contribution in [1.82, 2.24) is 0 Å². The minimum absolute atomic E-state index is 0.0892. The molecule has 0 heterocycles. The first-order valence-electron chi connectivity index (χ1n) is 6.26. The molecule has 20 heavy (non-hydrogen) atoms. The molecule has 0 bridgehead atoms. The number of methoxy groups -OCH3 is 1. The van der Waals surface area contributed by atoms with Crippen molar-refractivity contribution in [2.24, 2.45) is 0 Å². The van der Waals surface area contributed by atoms with Crippen LogP contribution in [0.1, 0.15) is 22.8 Å². The van der Waals surface area contributed by atoms with Gasteiger partial charge in [-0.25, -0.2) is 0 Å². The molecule has 0 saturated heterocycles. The Bertz CT molecular complexity index is 623. The van der Waals surface area contributed by atoms with E-state index in [0.29, 0.717) is 29.2 Å². The summed E-state index contributed by atoms with van der Waals surface area (Å²) in [7, 11) is 1.58. The number of benzene rings is 2. The molecule has 0 aliphatic carbocycles. The van der Waals surface area contributed by atoms with Crippen LogP contribution in [0.15, 0.2) is 46.9 Å². The molecule has 0 fully saturated rings. The smallest absolute Gasteiger partial charge is 0.196 e. The van der Waals surface area contributed by atoms with E-state index in [0.717, 1.165) is 4.47 Å². The zero-order chi connectivity index (χ0) is 14.5. The van der Waals surface area contributed by atoms with Gasteiger partial charge in [-0.2, -0.15) is 0 Å². The minimum atomic E-state index is -0.0892. The highest BCUT2D eigenvalue weighted by atomic mass is 79.9. The monoisotopic (exact) mass is 334 g/mol. The van der Waals surface area contributed by atoms with Gasteiger partial charge in [-0.15, -0.1) is 0 Å². The molecule has 0 saturated carbocycles. The molecule has 0 spiro atoms. The Kier molecular flexibility index (Phi) is 4.79. The predicted molar refractivity (Wildman–Crippen MR) is 81.7 cm³/mol. The molecule has 0 radical (unpaired) electrons. The molecular weight excluding hydrogens is 320 g/mol. The fourth-order valence-electron chi connectivity index (χ4n) is 1.88. The third-order valence-corrected chi connectivity index (χ3v) is 3.31. The summed E-state index contributed by atoms with van der Waals surface area (Å²) in [5, 5.41) is 0. The number of ketones is 1. The quantitative estimate of drug-likeness (QED) is 0.772. The van der Waals surface area contributed by atoms with Gasteiger partial charge in [-0.3, -0.25) is 4.79 Å². The van der Waals surface area contributed by atoms with Crippen LogP contribution in [0.4, 0.5) is 0 Å². The van der Waals surface area contributed by atoms with E-state index in [1.165, 1.54) is 0 Å². The van der Waals surface area contributed by atoms with Crippen molar-refractivity contribution >= 4 is 21.7 Å². The molecule has 4 heteroatoms.